The lowest BCUT2D eigenvalue weighted by Gasteiger charge is -2.16. The second kappa shape index (κ2) is 3.28. The number of rotatable bonds is 1. The Morgan fingerprint density at radius 1 is 1.25 bits per heavy atom. The monoisotopic (exact) mass is 252 g/mol. The molecule has 0 aromatic heterocycles. The summed E-state index contributed by atoms with van der Waals surface area (Å²) in [6, 6.07) is 1.81. The molecule has 0 radical (unpaired) electrons. The summed E-state index contributed by atoms with van der Waals surface area (Å²) in [5, 5.41) is 19.0. The molecule has 88 valence electrons. The number of phenolic OH excluding ortho intramolecular Hbond substituents is 1. The Kier molecular flexibility index (Phi) is 2.36. The zero-order valence-corrected chi connectivity index (χ0v) is 8.73. The predicted molar refractivity (Wildman–Crippen MR) is 51.2 cm³/mol. The van der Waals surface area contributed by atoms with Crippen LogP contribution in [0.4, 0.5) is 13.2 Å². The minimum absolute atomic E-state index is 0.146. The lowest BCUT2D eigenvalue weighted by atomic mass is 10.0. The van der Waals surface area contributed by atoms with Crippen LogP contribution in [0.3, 0.4) is 0 Å². The number of alkyl halides is 3. The first kappa shape index (κ1) is 11.5. The van der Waals surface area contributed by atoms with Gasteiger partial charge in [-0.25, -0.2) is 0 Å². The molecule has 1 fully saturated rings. The highest BCUT2D eigenvalue weighted by molar-refractivity contribution is 6.30. The highest BCUT2D eigenvalue weighted by atomic mass is 35.5. The minimum atomic E-state index is -4.69. The molecule has 0 saturated heterocycles. The number of phenols is 1. The van der Waals surface area contributed by atoms with Gasteiger partial charge in [0.2, 0.25) is 0 Å². The van der Waals surface area contributed by atoms with E-state index in [0.29, 0.717) is 18.9 Å². The molecule has 0 aliphatic heterocycles. The van der Waals surface area contributed by atoms with Gasteiger partial charge in [0.05, 0.1) is 11.2 Å². The van der Waals surface area contributed by atoms with E-state index in [-0.39, 0.29) is 10.6 Å². The van der Waals surface area contributed by atoms with E-state index >= 15 is 0 Å². The van der Waals surface area contributed by atoms with Gasteiger partial charge >= 0.3 is 6.18 Å². The van der Waals surface area contributed by atoms with E-state index in [0.717, 1.165) is 0 Å². The molecule has 0 amide bonds. The molecular weight excluding hydrogens is 245 g/mol. The molecule has 2 N–H and O–H groups in total. The van der Waals surface area contributed by atoms with Gasteiger partial charge in [0.1, 0.15) is 5.75 Å². The molecule has 0 bridgehead atoms. The van der Waals surface area contributed by atoms with Crippen LogP contribution in [0, 0.1) is 0 Å². The summed E-state index contributed by atoms with van der Waals surface area (Å²) in [7, 11) is 0. The van der Waals surface area contributed by atoms with Crippen molar-refractivity contribution >= 4 is 11.6 Å². The second-order valence-corrected chi connectivity index (χ2v) is 4.32. The van der Waals surface area contributed by atoms with Crippen molar-refractivity contribution in [2.24, 2.45) is 0 Å². The largest absolute Gasteiger partial charge is 0.507 e. The summed E-state index contributed by atoms with van der Waals surface area (Å²) >= 11 is 5.54. The van der Waals surface area contributed by atoms with E-state index in [4.69, 9.17) is 11.6 Å². The van der Waals surface area contributed by atoms with Crippen molar-refractivity contribution in [2.45, 2.75) is 24.6 Å². The van der Waals surface area contributed by atoms with Gasteiger partial charge in [-0.1, -0.05) is 11.6 Å². The number of hydrogen-bond acceptors (Lipinski definition) is 2. The Balaban J connectivity index is 2.60. The molecule has 1 aromatic carbocycles. The molecule has 16 heavy (non-hydrogen) atoms. The summed E-state index contributed by atoms with van der Waals surface area (Å²) < 4.78 is 37.6. The zero-order chi connectivity index (χ0) is 12.1. The Hall–Kier alpha value is -0.940. The quantitative estimate of drug-likeness (QED) is 0.806. The Labute approximate surface area is 94.3 Å². The van der Waals surface area contributed by atoms with Gasteiger partial charge in [-0.2, -0.15) is 13.2 Å². The fourth-order valence-corrected chi connectivity index (χ4v) is 1.78. The van der Waals surface area contributed by atoms with Crippen molar-refractivity contribution in [3.8, 4) is 5.75 Å². The highest BCUT2D eigenvalue weighted by Gasteiger charge is 2.47. The third-order valence-corrected chi connectivity index (χ3v) is 2.82. The average Bonchev–Trinajstić information content (AvgIpc) is 2.86. The molecular formula is C10H8ClF3O2. The van der Waals surface area contributed by atoms with E-state index in [1.54, 1.807) is 0 Å². The molecule has 1 aromatic rings. The van der Waals surface area contributed by atoms with Gasteiger partial charge in [-0.15, -0.1) is 0 Å². The SMILES string of the molecule is Oc1c(C(F)(F)F)cc(Cl)cc1C1(O)CC1. The third kappa shape index (κ3) is 1.85. The van der Waals surface area contributed by atoms with Gasteiger partial charge in [-0.05, 0) is 25.0 Å². The summed E-state index contributed by atoms with van der Waals surface area (Å²) in [6.45, 7) is 0. The first-order valence-corrected chi connectivity index (χ1v) is 4.94. The van der Waals surface area contributed by atoms with Gasteiger partial charge < -0.3 is 10.2 Å². The average molecular weight is 253 g/mol. The molecule has 1 aliphatic carbocycles. The minimum Gasteiger partial charge on any atom is -0.507 e. The van der Waals surface area contributed by atoms with Gasteiger partial charge in [0.25, 0.3) is 0 Å². The summed E-state index contributed by atoms with van der Waals surface area (Å²) in [4.78, 5) is 0. The van der Waals surface area contributed by atoms with Crippen molar-refractivity contribution < 1.29 is 23.4 Å². The van der Waals surface area contributed by atoms with Crippen molar-refractivity contribution in [2.75, 3.05) is 0 Å². The van der Waals surface area contributed by atoms with Crippen LogP contribution in [0.2, 0.25) is 5.02 Å². The lowest BCUT2D eigenvalue weighted by Crippen LogP contribution is -2.11. The molecule has 0 spiro atoms. The van der Waals surface area contributed by atoms with Crippen LogP contribution in [0.5, 0.6) is 5.75 Å². The molecule has 2 nitrogen and oxygen atoms in total. The third-order valence-electron chi connectivity index (χ3n) is 2.61. The summed E-state index contributed by atoms with van der Waals surface area (Å²) in [6.07, 6.45) is -4.02. The van der Waals surface area contributed by atoms with Crippen LogP contribution >= 0.6 is 11.6 Å². The maximum absolute atomic E-state index is 12.5. The summed E-state index contributed by atoms with van der Waals surface area (Å²) in [5.74, 6) is -0.933. The maximum atomic E-state index is 12.5. The number of benzene rings is 1. The topological polar surface area (TPSA) is 40.5 Å². The first-order chi connectivity index (χ1) is 7.24. The van der Waals surface area contributed by atoms with Crippen molar-refractivity contribution in [1.29, 1.82) is 0 Å². The molecule has 6 heteroatoms. The number of aliphatic hydroxyl groups is 1. The second-order valence-electron chi connectivity index (χ2n) is 3.88. The van der Waals surface area contributed by atoms with Crippen LogP contribution < -0.4 is 0 Å². The molecule has 1 aliphatic rings. The summed E-state index contributed by atoms with van der Waals surface area (Å²) in [5.41, 5.74) is -2.71. The van der Waals surface area contributed by atoms with Gasteiger partial charge in [0.15, 0.2) is 0 Å². The van der Waals surface area contributed by atoms with E-state index < -0.39 is 23.1 Å². The Morgan fingerprint density at radius 2 is 1.81 bits per heavy atom. The van der Waals surface area contributed by atoms with E-state index in [9.17, 15) is 23.4 Å². The van der Waals surface area contributed by atoms with Crippen LogP contribution in [0.1, 0.15) is 24.0 Å². The zero-order valence-electron chi connectivity index (χ0n) is 7.98. The van der Waals surface area contributed by atoms with Crippen molar-refractivity contribution in [3.63, 3.8) is 0 Å². The van der Waals surface area contributed by atoms with Crippen LogP contribution in [0.15, 0.2) is 12.1 Å². The molecule has 1 saturated carbocycles. The van der Waals surface area contributed by atoms with E-state index in [1.807, 2.05) is 0 Å². The molecule has 0 heterocycles. The number of aromatic hydroxyl groups is 1. The molecule has 0 unspecified atom stereocenters. The predicted octanol–water partition coefficient (Wildman–Crippen LogP) is 3.05. The fourth-order valence-electron chi connectivity index (χ4n) is 1.56. The van der Waals surface area contributed by atoms with Crippen molar-refractivity contribution in [1.82, 2.24) is 0 Å². The fraction of sp³-hybridized carbons (Fsp3) is 0.400. The number of halogens is 4. The Bertz CT molecular complexity index is 412. The smallest absolute Gasteiger partial charge is 0.420 e. The molecule has 2 rings (SSSR count). The van der Waals surface area contributed by atoms with Crippen LogP contribution in [-0.2, 0) is 11.8 Å². The normalized spacial score (nSPS) is 18.6. The highest BCUT2D eigenvalue weighted by Crippen LogP contribution is 2.52. The number of hydrogen-bond donors (Lipinski definition) is 2. The maximum Gasteiger partial charge on any atom is 0.420 e. The lowest BCUT2D eigenvalue weighted by molar-refractivity contribution is -0.138. The first-order valence-electron chi connectivity index (χ1n) is 4.56. The van der Waals surface area contributed by atoms with Crippen LogP contribution in [0.25, 0.3) is 0 Å². The van der Waals surface area contributed by atoms with E-state index in [1.165, 1.54) is 6.07 Å². The van der Waals surface area contributed by atoms with E-state index in [2.05, 4.69) is 0 Å². The molecule has 0 atom stereocenters. The van der Waals surface area contributed by atoms with Crippen molar-refractivity contribution in [3.05, 3.63) is 28.3 Å². The van der Waals surface area contributed by atoms with Gasteiger partial charge in [0, 0.05) is 10.6 Å². The standard InChI is InChI=1S/C10H8ClF3O2/c11-5-3-6(9(16)1-2-9)8(15)7(4-5)10(12,13)14/h3-4,15-16H,1-2H2. The Morgan fingerprint density at radius 3 is 2.25 bits per heavy atom. The van der Waals surface area contributed by atoms with Crippen LogP contribution in [-0.4, -0.2) is 10.2 Å². The van der Waals surface area contributed by atoms with Gasteiger partial charge in [-0.3, -0.25) is 0 Å².